The highest BCUT2D eigenvalue weighted by molar-refractivity contribution is 7.14. The minimum absolute atomic E-state index is 0.224. The van der Waals surface area contributed by atoms with Gasteiger partial charge in [-0.1, -0.05) is 0 Å². The second kappa shape index (κ2) is 7.13. The number of rotatable bonds is 7. The van der Waals surface area contributed by atoms with Crippen LogP contribution in [0.15, 0.2) is 6.07 Å². The van der Waals surface area contributed by atoms with Crippen LogP contribution in [0.1, 0.15) is 33.5 Å². The summed E-state index contributed by atoms with van der Waals surface area (Å²) in [7, 11) is 0. The fourth-order valence-corrected chi connectivity index (χ4v) is 2.33. The number of thiophene rings is 1. The molecule has 0 saturated carbocycles. The molecule has 0 aliphatic rings. The predicted molar refractivity (Wildman–Crippen MR) is 69.0 cm³/mol. The Kier molecular flexibility index (Phi) is 5.80. The van der Waals surface area contributed by atoms with Gasteiger partial charge in [0.15, 0.2) is 0 Å². The van der Waals surface area contributed by atoms with Crippen LogP contribution in [0.3, 0.4) is 0 Å². The maximum Gasteiger partial charge on any atom is 0.345 e. The lowest BCUT2D eigenvalue weighted by atomic mass is 10.2. The summed E-state index contributed by atoms with van der Waals surface area (Å²) in [6, 6.07) is 1.67. The quantitative estimate of drug-likeness (QED) is 0.584. The Balaban J connectivity index is 2.35. The first-order valence-electron chi connectivity index (χ1n) is 5.73. The molecule has 0 amide bonds. The van der Waals surface area contributed by atoms with Crippen molar-refractivity contribution >= 4 is 23.3 Å². The summed E-state index contributed by atoms with van der Waals surface area (Å²) in [5, 5.41) is 12.0. The Morgan fingerprint density at radius 3 is 2.78 bits per heavy atom. The molecule has 1 aromatic heterocycles. The molecule has 5 nitrogen and oxygen atoms in total. The largest absolute Gasteiger partial charge is 0.477 e. The zero-order valence-corrected chi connectivity index (χ0v) is 11.3. The van der Waals surface area contributed by atoms with E-state index in [1.165, 1.54) is 11.3 Å². The number of nitrogens with one attached hydrogen (secondary N) is 1. The lowest BCUT2D eigenvalue weighted by Crippen LogP contribution is -2.19. The standard InChI is InChI=1S/C12H17NO4S/c1-3-17-11(14)4-5-13-7-9-6-10(12(15)16)18-8(9)2/h6,13H,3-5,7H2,1-2H3,(H,15,16). The van der Waals surface area contributed by atoms with E-state index in [1.807, 2.05) is 6.92 Å². The van der Waals surface area contributed by atoms with E-state index in [4.69, 9.17) is 9.84 Å². The minimum atomic E-state index is -0.902. The first-order chi connectivity index (χ1) is 8.54. The summed E-state index contributed by atoms with van der Waals surface area (Å²) in [6.45, 7) is 5.14. The zero-order valence-electron chi connectivity index (χ0n) is 10.5. The van der Waals surface area contributed by atoms with Crippen molar-refractivity contribution in [3.8, 4) is 0 Å². The SMILES string of the molecule is CCOC(=O)CCNCc1cc(C(=O)O)sc1C. The molecule has 2 N–H and O–H groups in total. The van der Waals surface area contributed by atoms with Gasteiger partial charge in [0.25, 0.3) is 0 Å². The molecule has 0 aromatic carbocycles. The van der Waals surface area contributed by atoms with E-state index in [-0.39, 0.29) is 5.97 Å². The summed E-state index contributed by atoms with van der Waals surface area (Å²) in [5.74, 6) is -1.13. The summed E-state index contributed by atoms with van der Waals surface area (Å²) in [6.07, 6.45) is 0.322. The van der Waals surface area contributed by atoms with Crippen molar-refractivity contribution in [2.24, 2.45) is 0 Å². The van der Waals surface area contributed by atoms with Crippen LogP contribution in [-0.2, 0) is 16.1 Å². The van der Waals surface area contributed by atoms with E-state index in [0.29, 0.717) is 31.0 Å². The van der Waals surface area contributed by atoms with Crippen LogP contribution in [0, 0.1) is 6.92 Å². The number of carboxylic acid groups (broad SMARTS) is 1. The minimum Gasteiger partial charge on any atom is -0.477 e. The fourth-order valence-electron chi connectivity index (χ4n) is 1.45. The van der Waals surface area contributed by atoms with Gasteiger partial charge in [-0.3, -0.25) is 4.79 Å². The van der Waals surface area contributed by atoms with Crippen LogP contribution in [0.2, 0.25) is 0 Å². The Bertz CT molecular complexity index is 428. The van der Waals surface area contributed by atoms with Crippen molar-refractivity contribution in [2.75, 3.05) is 13.2 Å². The van der Waals surface area contributed by atoms with Crippen LogP contribution in [0.25, 0.3) is 0 Å². The molecule has 1 rings (SSSR count). The summed E-state index contributed by atoms with van der Waals surface area (Å²) in [5.41, 5.74) is 0.959. The number of esters is 1. The van der Waals surface area contributed by atoms with Gasteiger partial charge in [0.2, 0.25) is 0 Å². The number of aryl methyl sites for hydroxylation is 1. The molecule has 0 atom stereocenters. The molecule has 1 aromatic rings. The lowest BCUT2D eigenvalue weighted by molar-refractivity contribution is -0.142. The molecule has 0 radical (unpaired) electrons. The van der Waals surface area contributed by atoms with E-state index >= 15 is 0 Å². The average molecular weight is 271 g/mol. The number of hydrogen-bond acceptors (Lipinski definition) is 5. The highest BCUT2D eigenvalue weighted by atomic mass is 32.1. The number of carbonyl (C=O) groups excluding carboxylic acids is 1. The first kappa shape index (κ1) is 14.7. The fraction of sp³-hybridized carbons (Fsp3) is 0.500. The van der Waals surface area contributed by atoms with Crippen LogP contribution >= 0.6 is 11.3 Å². The molecular weight excluding hydrogens is 254 g/mol. The zero-order chi connectivity index (χ0) is 13.5. The molecule has 1 heterocycles. The van der Waals surface area contributed by atoms with Gasteiger partial charge in [-0.2, -0.15) is 0 Å². The van der Waals surface area contributed by atoms with Gasteiger partial charge in [-0.05, 0) is 25.5 Å². The Labute approximate surface area is 110 Å². The Morgan fingerprint density at radius 1 is 1.50 bits per heavy atom. The molecule has 6 heteroatoms. The summed E-state index contributed by atoms with van der Waals surface area (Å²) >= 11 is 1.26. The van der Waals surface area contributed by atoms with E-state index in [2.05, 4.69) is 5.32 Å². The molecule has 0 bridgehead atoms. The molecule has 0 saturated heterocycles. The smallest absolute Gasteiger partial charge is 0.345 e. The van der Waals surface area contributed by atoms with Gasteiger partial charge >= 0.3 is 11.9 Å². The maximum atomic E-state index is 11.1. The van der Waals surface area contributed by atoms with Gasteiger partial charge in [-0.15, -0.1) is 11.3 Å². The molecular formula is C12H17NO4S. The van der Waals surface area contributed by atoms with Crippen molar-refractivity contribution in [3.63, 3.8) is 0 Å². The van der Waals surface area contributed by atoms with Crippen LogP contribution in [-0.4, -0.2) is 30.2 Å². The molecule has 100 valence electrons. The summed E-state index contributed by atoms with van der Waals surface area (Å²) < 4.78 is 4.80. The normalized spacial score (nSPS) is 10.3. The molecule has 0 spiro atoms. The topological polar surface area (TPSA) is 75.6 Å². The first-order valence-corrected chi connectivity index (χ1v) is 6.55. The van der Waals surface area contributed by atoms with Gasteiger partial charge in [-0.25, -0.2) is 4.79 Å². The van der Waals surface area contributed by atoms with Gasteiger partial charge in [0.05, 0.1) is 13.0 Å². The van der Waals surface area contributed by atoms with Crippen molar-refractivity contribution < 1.29 is 19.4 Å². The molecule has 0 fully saturated rings. The number of ether oxygens (including phenoxy) is 1. The lowest BCUT2D eigenvalue weighted by Gasteiger charge is -2.04. The highest BCUT2D eigenvalue weighted by Gasteiger charge is 2.10. The molecule has 0 aliphatic carbocycles. The van der Waals surface area contributed by atoms with Crippen LogP contribution in [0.5, 0.6) is 0 Å². The second-order valence-electron chi connectivity index (χ2n) is 3.73. The molecule has 0 unspecified atom stereocenters. The van der Waals surface area contributed by atoms with Gasteiger partial charge in [0.1, 0.15) is 4.88 Å². The number of aromatic carboxylic acids is 1. The highest BCUT2D eigenvalue weighted by Crippen LogP contribution is 2.21. The third-order valence-electron chi connectivity index (χ3n) is 2.36. The van der Waals surface area contributed by atoms with Gasteiger partial charge < -0.3 is 15.2 Å². The average Bonchev–Trinajstić information content (AvgIpc) is 2.67. The number of hydrogen-bond donors (Lipinski definition) is 2. The van der Waals surface area contributed by atoms with Crippen LogP contribution in [0.4, 0.5) is 0 Å². The Hall–Kier alpha value is -1.40. The van der Waals surface area contributed by atoms with Crippen molar-refractivity contribution in [1.29, 1.82) is 0 Å². The predicted octanol–water partition coefficient (Wildman–Crippen LogP) is 1.80. The number of carboxylic acids is 1. The van der Waals surface area contributed by atoms with Crippen molar-refractivity contribution in [3.05, 3.63) is 21.4 Å². The third-order valence-corrected chi connectivity index (χ3v) is 3.44. The monoisotopic (exact) mass is 271 g/mol. The van der Waals surface area contributed by atoms with E-state index in [1.54, 1.807) is 13.0 Å². The van der Waals surface area contributed by atoms with E-state index in [9.17, 15) is 9.59 Å². The second-order valence-corrected chi connectivity index (χ2v) is 4.99. The third kappa shape index (κ3) is 4.46. The molecule has 18 heavy (non-hydrogen) atoms. The van der Waals surface area contributed by atoms with Gasteiger partial charge in [0, 0.05) is 18.0 Å². The maximum absolute atomic E-state index is 11.1. The van der Waals surface area contributed by atoms with Crippen molar-refractivity contribution in [1.82, 2.24) is 5.32 Å². The van der Waals surface area contributed by atoms with E-state index in [0.717, 1.165) is 10.4 Å². The van der Waals surface area contributed by atoms with Crippen LogP contribution < -0.4 is 5.32 Å². The van der Waals surface area contributed by atoms with E-state index < -0.39 is 5.97 Å². The summed E-state index contributed by atoms with van der Waals surface area (Å²) in [4.78, 5) is 23.2. The number of carbonyl (C=O) groups is 2. The molecule has 0 aliphatic heterocycles. The Morgan fingerprint density at radius 2 is 2.22 bits per heavy atom. The van der Waals surface area contributed by atoms with Crippen molar-refractivity contribution in [2.45, 2.75) is 26.8 Å².